The molecule has 1 fully saturated rings. The number of nitrogens with zero attached hydrogens (tertiary/aromatic N) is 1. The average molecular weight is 310 g/mol. The standard InChI is InChI=1S/C15H20ClN3O2/c1-9(8-17)18-15(21)12-7-13(20)19(2)14(12)10-4-3-5-11(16)6-10/h3-6,9,12,14H,7-8,17H2,1-2H3,(H,18,21)/t9-,12?,14?/m0/s1. The first-order valence-corrected chi connectivity index (χ1v) is 7.33. The molecule has 0 spiro atoms. The molecule has 0 radical (unpaired) electrons. The fraction of sp³-hybridized carbons (Fsp3) is 0.467. The Balaban J connectivity index is 2.27. The van der Waals surface area contributed by atoms with Crippen molar-refractivity contribution in [2.45, 2.75) is 25.4 Å². The van der Waals surface area contributed by atoms with Gasteiger partial charge in [-0.25, -0.2) is 0 Å². The molecule has 1 aromatic rings. The van der Waals surface area contributed by atoms with E-state index in [2.05, 4.69) is 5.32 Å². The zero-order valence-corrected chi connectivity index (χ0v) is 12.9. The number of nitrogens with two attached hydrogens (primary N) is 1. The van der Waals surface area contributed by atoms with Crippen LogP contribution in [0.2, 0.25) is 5.02 Å². The summed E-state index contributed by atoms with van der Waals surface area (Å²) in [5, 5.41) is 3.44. The number of rotatable bonds is 4. The van der Waals surface area contributed by atoms with Gasteiger partial charge in [-0.3, -0.25) is 9.59 Å². The Morgan fingerprint density at radius 2 is 2.29 bits per heavy atom. The maximum absolute atomic E-state index is 12.4. The number of hydrogen-bond donors (Lipinski definition) is 2. The summed E-state index contributed by atoms with van der Waals surface area (Å²) in [5.41, 5.74) is 6.40. The van der Waals surface area contributed by atoms with Crippen molar-refractivity contribution in [3.63, 3.8) is 0 Å². The molecule has 114 valence electrons. The molecule has 1 heterocycles. The number of benzene rings is 1. The van der Waals surface area contributed by atoms with Crippen LogP contribution in [0.5, 0.6) is 0 Å². The van der Waals surface area contributed by atoms with Crippen molar-refractivity contribution in [2.24, 2.45) is 11.7 Å². The molecule has 21 heavy (non-hydrogen) atoms. The lowest BCUT2D eigenvalue weighted by molar-refractivity contribution is -0.128. The van der Waals surface area contributed by atoms with E-state index in [4.69, 9.17) is 17.3 Å². The van der Waals surface area contributed by atoms with Gasteiger partial charge >= 0.3 is 0 Å². The van der Waals surface area contributed by atoms with Crippen LogP contribution in [0.25, 0.3) is 0 Å². The van der Waals surface area contributed by atoms with Crippen LogP contribution >= 0.6 is 11.6 Å². The number of amides is 2. The number of carbonyl (C=O) groups is 2. The monoisotopic (exact) mass is 309 g/mol. The Bertz CT molecular complexity index is 549. The largest absolute Gasteiger partial charge is 0.352 e. The van der Waals surface area contributed by atoms with E-state index in [0.717, 1.165) is 5.56 Å². The van der Waals surface area contributed by atoms with Crippen LogP contribution in [-0.4, -0.2) is 36.3 Å². The van der Waals surface area contributed by atoms with Crippen molar-refractivity contribution in [1.82, 2.24) is 10.2 Å². The van der Waals surface area contributed by atoms with Crippen molar-refractivity contribution in [3.05, 3.63) is 34.9 Å². The summed E-state index contributed by atoms with van der Waals surface area (Å²) in [6.07, 6.45) is 0.205. The minimum absolute atomic E-state index is 0.0412. The first kappa shape index (κ1) is 15.8. The first-order valence-electron chi connectivity index (χ1n) is 6.95. The second-order valence-electron chi connectivity index (χ2n) is 5.46. The van der Waals surface area contributed by atoms with Crippen LogP contribution in [0.1, 0.15) is 24.9 Å². The summed E-state index contributed by atoms with van der Waals surface area (Å²) in [6, 6.07) is 6.88. The van der Waals surface area contributed by atoms with Gasteiger partial charge < -0.3 is 16.0 Å². The normalized spacial score (nSPS) is 23.2. The van der Waals surface area contributed by atoms with Gasteiger partial charge in [0.15, 0.2) is 0 Å². The lowest BCUT2D eigenvalue weighted by Crippen LogP contribution is -2.42. The van der Waals surface area contributed by atoms with Gasteiger partial charge in [-0.1, -0.05) is 23.7 Å². The van der Waals surface area contributed by atoms with Gasteiger partial charge in [0.1, 0.15) is 0 Å². The van der Waals surface area contributed by atoms with E-state index in [1.165, 1.54) is 0 Å². The summed E-state index contributed by atoms with van der Waals surface area (Å²) in [6.45, 7) is 2.21. The molecule has 1 saturated heterocycles. The molecule has 1 aliphatic rings. The van der Waals surface area contributed by atoms with Gasteiger partial charge in [0.2, 0.25) is 11.8 Å². The zero-order chi connectivity index (χ0) is 15.6. The molecular formula is C15H20ClN3O2. The summed E-state index contributed by atoms with van der Waals surface area (Å²) < 4.78 is 0. The van der Waals surface area contributed by atoms with E-state index in [1.54, 1.807) is 24.1 Å². The van der Waals surface area contributed by atoms with E-state index >= 15 is 0 Å². The second kappa shape index (κ2) is 6.45. The van der Waals surface area contributed by atoms with Gasteiger partial charge in [-0.05, 0) is 24.6 Å². The first-order chi connectivity index (χ1) is 9.93. The zero-order valence-electron chi connectivity index (χ0n) is 12.2. The highest BCUT2D eigenvalue weighted by Crippen LogP contribution is 2.37. The second-order valence-corrected chi connectivity index (χ2v) is 5.90. The Labute approximate surface area is 129 Å². The smallest absolute Gasteiger partial charge is 0.226 e. The van der Waals surface area contributed by atoms with Crippen LogP contribution in [-0.2, 0) is 9.59 Å². The van der Waals surface area contributed by atoms with Crippen molar-refractivity contribution < 1.29 is 9.59 Å². The molecule has 2 rings (SSSR count). The lowest BCUT2D eigenvalue weighted by Gasteiger charge is -2.26. The minimum Gasteiger partial charge on any atom is -0.352 e. The SMILES string of the molecule is C[C@@H](CN)NC(=O)C1CC(=O)N(C)C1c1cccc(Cl)c1. The minimum atomic E-state index is -0.421. The van der Waals surface area contributed by atoms with Gasteiger partial charge in [-0.15, -0.1) is 0 Å². The van der Waals surface area contributed by atoms with Crippen LogP contribution in [0, 0.1) is 5.92 Å². The molecule has 0 aromatic heterocycles. The summed E-state index contributed by atoms with van der Waals surface area (Å²) in [5.74, 6) is -0.605. The van der Waals surface area contributed by atoms with Crippen molar-refractivity contribution in [1.29, 1.82) is 0 Å². The fourth-order valence-corrected chi connectivity index (χ4v) is 2.86. The van der Waals surface area contributed by atoms with Crippen molar-refractivity contribution in [2.75, 3.05) is 13.6 Å². The van der Waals surface area contributed by atoms with Gasteiger partial charge in [0.05, 0.1) is 12.0 Å². The number of halogens is 1. The predicted octanol–water partition coefficient (Wildman–Crippen LogP) is 1.32. The van der Waals surface area contributed by atoms with Gasteiger partial charge in [-0.2, -0.15) is 0 Å². The fourth-order valence-electron chi connectivity index (χ4n) is 2.66. The molecule has 1 aliphatic heterocycles. The molecule has 3 N–H and O–H groups in total. The van der Waals surface area contributed by atoms with Crippen LogP contribution in [0.15, 0.2) is 24.3 Å². The third kappa shape index (κ3) is 3.36. The van der Waals surface area contributed by atoms with Gasteiger partial charge in [0.25, 0.3) is 0 Å². The van der Waals surface area contributed by atoms with Crippen LogP contribution in [0.3, 0.4) is 0 Å². The molecule has 3 atom stereocenters. The average Bonchev–Trinajstić information content (AvgIpc) is 2.75. The molecule has 2 unspecified atom stereocenters. The molecule has 1 aromatic carbocycles. The van der Waals surface area contributed by atoms with Crippen molar-refractivity contribution >= 4 is 23.4 Å². The Hall–Kier alpha value is -1.59. The highest BCUT2D eigenvalue weighted by atomic mass is 35.5. The molecule has 0 saturated carbocycles. The molecule has 6 heteroatoms. The highest BCUT2D eigenvalue weighted by Gasteiger charge is 2.42. The summed E-state index contributed by atoms with van der Waals surface area (Å²) in [4.78, 5) is 26.0. The topological polar surface area (TPSA) is 75.4 Å². The van der Waals surface area contributed by atoms with E-state index in [9.17, 15) is 9.59 Å². The number of carbonyl (C=O) groups excluding carboxylic acids is 2. The third-order valence-electron chi connectivity index (χ3n) is 3.86. The quantitative estimate of drug-likeness (QED) is 0.881. The van der Waals surface area contributed by atoms with E-state index in [1.807, 2.05) is 19.1 Å². The highest BCUT2D eigenvalue weighted by molar-refractivity contribution is 6.30. The Kier molecular flexibility index (Phi) is 4.85. The van der Waals surface area contributed by atoms with E-state index in [0.29, 0.717) is 11.6 Å². The summed E-state index contributed by atoms with van der Waals surface area (Å²) >= 11 is 6.02. The molecular weight excluding hydrogens is 290 g/mol. The molecule has 0 aliphatic carbocycles. The summed E-state index contributed by atoms with van der Waals surface area (Å²) in [7, 11) is 1.72. The third-order valence-corrected chi connectivity index (χ3v) is 4.09. The maximum Gasteiger partial charge on any atom is 0.226 e. The van der Waals surface area contributed by atoms with E-state index in [-0.39, 0.29) is 30.3 Å². The Morgan fingerprint density at radius 1 is 1.57 bits per heavy atom. The van der Waals surface area contributed by atoms with Crippen LogP contribution in [0.4, 0.5) is 0 Å². The van der Waals surface area contributed by atoms with Crippen molar-refractivity contribution in [3.8, 4) is 0 Å². The molecule has 2 amide bonds. The molecule has 0 bridgehead atoms. The van der Waals surface area contributed by atoms with Gasteiger partial charge in [0, 0.05) is 31.1 Å². The number of likely N-dealkylation sites (tertiary alicyclic amines) is 1. The Morgan fingerprint density at radius 3 is 2.90 bits per heavy atom. The van der Waals surface area contributed by atoms with E-state index < -0.39 is 5.92 Å². The molecule has 5 nitrogen and oxygen atoms in total. The predicted molar refractivity (Wildman–Crippen MR) is 81.7 cm³/mol. The number of nitrogens with one attached hydrogen (secondary N) is 1. The lowest BCUT2D eigenvalue weighted by atomic mass is 9.92. The maximum atomic E-state index is 12.4. The van der Waals surface area contributed by atoms with Crippen LogP contribution < -0.4 is 11.1 Å². The number of hydrogen-bond acceptors (Lipinski definition) is 3.